The molecule has 1 saturated heterocycles. The number of hydrogen-bond acceptors (Lipinski definition) is 3. The number of phenolic OH excluding ortho intramolecular Hbond substituents is 1. The molecule has 1 heterocycles. The van der Waals surface area contributed by atoms with Crippen LogP contribution in [0.3, 0.4) is 0 Å². The minimum Gasteiger partial charge on any atom is -0.508 e. The Hall–Kier alpha value is -1.88. The Labute approximate surface area is 106 Å². The van der Waals surface area contributed by atoms with Gasteiger partial charge in [0, 0.05) is 25.3 Å². The van der Waals surface area contributed by atoms with Gasteiger partial charge in [-0.2, -0.15) is 0 Å². The highest BCUT2D eigenvalue weighted by atomic mass is 16.3. The molecule has 0 atom stereocenters. The molecule has 1 aliphatic heterocycles. The molecule has 96 valence electrons. The zero-order valence-electron chi connectivity index (χ0n) is 10.4. The molecule has 0 aromatic heterocycles. The van der Waals surface area contributed by atoms with Crippen molar-refractivity contribution in [3.05, 3.63) is 29.8 Å². The highest BCUT2D eigenvalue weighted by Gasteiger charge is 2.14. The summed E-state index contributed by atoms with van der Waals surface area (Å²) in [5.41, 5.74) is 1.78. The van der Waals surface area contributed by atoms with E-state index in [0.717, 1.165) is 30.8 Å². The second-order valence-electron chi connectivity index (χ2n) is 4.49. The van der Waals surface area contributed by atoms with Gasteiger partial charge in [-0.3, -0.25) is 0 Å². The second kappa shape index (κ2) is 5.64. The number of benzene rings is 1. The minimum atomic E-state index is -0.316. The van der Waals surface area contributed by atoms with Crippen molar-refractivity contribution in [1.82, 2.24) is 10.2 Å². The first-order valence-electron chi connectivity index (χ1n) is 5.94. The van der Waals surface area contributed by atoms with Crippen LogP contribution in [-0.2, 0) is 6.54 Å². The first kappa shape index (κ1) is 12.6. The van der Waals surface area contributed by atoms with E-state index in [1.807, 2.05) is 13.1 Å². The predicted octanol–water partition coefficient (Wildman–Crippen LogP) is 1.38. The van der Waals surface area contributed by atoms with Gasteiger partial charge >= 0.3 is 6.03 Å². The van der Waals surface area contributed by atoms with E-state index in [0.29, 0.717) is 6.54 Å². The summed E-state index contributed by atoms with van der Waals surface area (Å²) in [5, 5.41) is 12.0. The van der Waals surface area contributed by atoms with Gasteiger partial charge < -0.3 is 15.3 Å². The van der Waals surface area contributed by atoms with Gasteiger partial charge in [0.25, 0.3) is 0 Å². The van der Waals surface area contributed by atoms with Crippen molar-refractivity contribution >= 4 is 11.7 Å². The summed E-state index contributed by atoms with van der Waals surface area (Å²) in [5.74, 6) is 0.200. The van der Waals surface area contributed by atoms with E-state index >= 15 is 0 Å². The maximum atomic E-state index is 11.6. The fourth-order valence-corrected chi connectivity index (χ4v) is 1.91. The number of aliphatic imine (C=N–C) groups is 1. The largest absolute Gasteiger partial charge is 0.508 e. The molecule has 1 aromatic rings. The third kappa shape index (κ3) is 3.56. The van der Waals surface area contributed by atoms with Crippen LogP contribution in [0, 0.1) is 0 Å². The molecule has 5 heteroatoms. The Bertz CT molecular complexity index is 471. The lowest BCUT2D eigenvalue weighted by Gasteiger charge is -2.04. The van der Waals surface area contributed by atoms with Crippen LogP contribution in [-0.4, -0.2) is 41.9 Å². The summed E-state index contributed by atoms with van der Waals surface area (Å²) in [6.07, 6.45) is 0.857. The van der Waals surface area contributed by atoms with E-state index in [1.165, 1.54) is 0 Å². The monoisotopic (exact) mass is 247 g/mol. The van der Waals surface area contributed by atoms with Crippen LogP contribution in [0.1, 0.15) is 12.0 Å². The Kier molecular flexibility index (Phi) is 3.94. The van der Waals surface area contributed by atoms with E-state index in [2.05, 4.69) is 15.2 Å². The van der Waals surface area contributed by atoms with Crippen LogP contribution in [0.2, 0.25) is 0 Å². The van der Waals surface area contributed by atoms with E-state index < -0.39 is 0 Å². The zero-order valence-corrected chi connectivity index (χ0v) is 10.4. The lowest BCUT2D eigenvalue weighted by Crippen LogP contribution is -2.21. The quantitative estimate of drug-likeness (QED) is 0.829. The summed E-state index contributed by atoms with van der Waals surface area (Å²) >= 11 is 0. The topological polar surface area (TPSA) is 64.9 Å². The van der Waals surface area contributed by atoms with Crippen LogP contribution in [0.5, 0.6) is 5.75 Å². The van der Waals surface area contributed by atoms with Crippen molar-refractivity contribution in [1.29, 1.82) is 0 Å². The van der Waals surface area contributed by atoms with Crippen molar-refractivity contribution in [3.63, 3.8) is 0 Å². The molecule has 18 heavy (non-hydrogen) atoms. The molecule has 0 aliphatic carbocycles. The molecule has 1 aliphatic rings. The lowest BCUT2D eigenvalue weighted by molar-refractivity contribution is 0.249. The van der Waals surface area contributed by atoms with Crippen LogP contribution in [0.4, 0.5) is 4.79 Å². The van der Waals surface area contributed by atoms with Gasteiger partial charge in [-0.15, -0.1) is 0 Å². The maximum Gasteiger partial charge on any atom is 0.341 e. The van der Waals surface area contributed by atoms with E-state index in [1.54, 1.807) is 18.2 Å². The number of phenols is 1. The summed E-state index contributed by atoms with van der Waals surface area (Å²) in [7, 11) is 2.01. The van der Waals surface area contributed by atoms with Gasteiger partial charge in [0.1, 0.15) is 5.75 Å². The Morgan fingerprint density at radius 3 is 3.06 bits per heavy atom. The smallest absolute Gasteiger partial charge is 0.341 e. The van der Waals surface area contributed by atoms with Gasteiger partial charge in [-0.1, -0.05) is 12.1 Å². The lowest BCUT2D eigenvalue weighted by atomic mass is 10.2. The normalized spacial score (nSPS) is 18.2. The predicted molar refractivity (Wildman–Crippen MR) is 69.9 cm³/mol. The van der Waals surface area contributed by atoms with Gasteiger partial charge in [0.2, 0.25) is 0 Å². The van der Waals surface area contributed by atoms with Gasteiger partial charge in [-0.05, 0) is 31.2 Å². The van der Waals surface area contributed by atoms with Crippen molar-refractivity contribution in [2.75, 3.05) is 20.1 Å². The molecule has 5 nitrogen and oxygen atoms in total. The highest BCUT2D eigenvalue weighted by molar-refractivity contribution is 5.97. The number of likely N-dealkylation sites (tertiary alicyclic amines) is 1. The molecule has 0 radical (unpaired) electrons. The molecule has 1 fully saturated rings. The highest BCUT2D eigenvalue weighted by Crippen LogP contribution is 2.10. The van der Waals surface area contributed by atoms with E-state index in [4.69, 9.17) is 0 Å². The zero-order chi connectivity index (χ0) is 13.0. The van der Waals surface area contributed by atoms with Gasteiger partial charge in [-0.25, -0.2) is 9.79 Å². The van der Waals surface area contributed by atoms with Gasteiger partial charge in [0.15, 0.2) is 0 Å². The van der Waals surface area contributed by atoms with E-state index in [-0.39, 0.29) is 11.8 Å². The first-order valence-corrected chi connectivity index (χ1v) is 5.94. The van der Waals surface area contributed by atoms with Crippen molar-refractivity contribution in [2.24, 2.45) is 4.99 Å². The van der Waals surface area contributed by atoms with E-state index in [9.17, 15) is 9.90 Å². The molecular weight excluding hydrogens is 230 g/mol. The van der Waals surface area contributed by atoms with Crippen molar-refractivity contribution < 1.29 is 9.90 Å². The number of nitrogens with zero attached hydrogens (tertiary/aromatic N) is 2. The second-order valence-corrected chi connectivity index (χ2v) is 4.49. The standard InChI is InChI=1S/C13H17N3O2/c1-16-6-5-11(9-16)15-13(18)14-8-10-3-2-4-12(17)7-10/h2-4,7,17H,5-6,8-9H2,1H3,(H,14,18)/b15-11+. The number of rotatable bonds is 2. The molecule has 0 unspecified atom stereocenters. The average Bonchev–Trinajstić information content (AvgIpc) is 2.72. The molecule has 2 rings (SSSR count). The third-order valence-electron chi connectivity index (χ3n) is 2.85. The SMILES string of the molecule is CN1CC/C(=N\C(=O)NCc2cccc(O)c2)C1. The minimum absolute atomic E-state index is 0.200. The Balaban J connectivity index is 1.85. The number of carbonyl (C=O) groups is 1. The number of amides is 2. The van der Waals surface area contributed by atoms with Gasteiger partial charge in [0.05, 0.1) is 0 Å². The number of hydrogen-bond donors (Lipinski definition) is 2. The molecule has 2 amide bonds. The summed E-state index contributed by atoms with van der Waals surface area (Å²) < 4.78 is 0. The summed E-state index contributed by atoms with van der Waals surface area (Å²) in [6.45, 7) is 2.10. The first-order chi connectivity index (χ1) is 8.63. The fourth-order valence-electron chi connectivity index (χ4n) is 1.91. The van der Waals surface area contributed by atoms with Crippen LogP contribution >= 0.6 is 0 Å². The summed E-state index contributed by atoms with van der Waals surface area (Å²) in [4.78, 5) is 17.7. The molecule has 0 spiro atoms. The van der Waals surface area contributed by atoms with Crippen molar-refractivity contribution in [2.45, 2.75) is 13.0 Å². The Morgan fingerprint density at radius 1 is 1.56 bits per heavy atom. The molecule has 0 saturated carbocycles. The number of urea groups is 1. The molecule has 0 bridgehead atoms. The summed E-state index contributed by atoms with van der Waals surface area (Å²) in [6, 6.07) is 6.49. The fraction of sp³-hybridized carbons (Fsp3) is 0.385. The number of carbonyl (C=O) groups excluding carboxylic acids is 1. The average molecular weight is 247 g/mol. The van der Waals surface area contributed by atoms with Crippen LogP contribution in [0.15, 0.2) is 29.3 Å². The van der Waals surface area contributed by atoms with Crippen LogP contribution in [0.25, 0.3) is 0 Å². The molecule has 1 aromatic carbocycles. The number of nitrogens with one attached hydrogen (secondary N) is 1. The Morgan fingerprint density at radius 2 is 2.39 bits per heavy atom. The van der Waals surface area contributed by atoms with Crippen molar-refractivity contribution in [3.8, 4) is 5.75 Å². The maximum absolute atomic E-state index is 11.6. The third-order valence-corrected chi connectivity index (χ3v) is 2.85. The molecular formula is C13H17N3O2. The number of aromatic hydroxyl groups is 1. The molecule has 2 N–H and O–H groups in total. The van der Waals surface area contributed by atoms with Crippen LogP contribution < -0.4 is 5.32 Å².